The molecule has 0 saturated heterocycles. The number of nitrogens with two attached hydrogens (primary N) is 1. The third-order valence-corrected chi connectivity index (χ3v) is 2.37. The topological polar surface area (TPSA) is 26.0 Å². The lowest BCUT2D eigenvalue weighted by molar-refractivity contribution is 0.813. The highest BCUT2D eigenvalue weighted by Gasteiger charge is 2.03. The van der Waals surface area contributed by atoms with Gasteiger partial charge in [-0.1, -0.05) is 33.6 Å². The van der Waals surface area contributed by atoms with E-state index in [1.165, 1.54) is 0 Å². The van der Waals surface area contributed by atoms with Crippen LogP contribution in [0, 0.1) is 0 Å². The van der Waals surface area contributed by atoms with Crippen molar-refractivity contribution >= 4 is 27.5 Å². The second-order valence-electron chi connectivity index (χ2n) is 2.45. The van der Waals surface area contributed by atoms with Crippen molar-refractivity contribution in [2.75, 3.05) is 0 Å². The molecule has 0 aliphatic carbocycles. The van der Waals surface area contributed by atoms with Crippen molar-refractivity contribution in [2.45, 2.75) is 13.0 Å². The number of hydrogen-bond donors (Lipinski definition) is 1. The van der Waals surface area contributed by atoms with Crippen molar-refractivity contribution in [3.05, 3.63) is 33.3 Å². The van der Waals surface area contributed by atoms with E-state index in [4.69, 9.17) is 17.3 Å². The molecular formula is C8H9BrClN. The van der Waals surface area contributed by atoms with Gasteiger partial charge in [0.15, 0.2) is 0 Å². The number of hydrogen-bond acceptors (Lipinski definition) is 1. The Hall–Kier alpha value is -0.0500. The second kappa shape index (κ2) is 3.57. The normalized spacial score (nSPS) is 13.1. The Kier molecular flexibility index (Phi) is 2.93. The van der Waals surface area contributed by atoms with Crippen molar-refractivity contribution in [3.8, 4) is 0 Å². The van der Waals surface area contributed by atoms with E-state index in [-0.39, 0.29) is 6.04 Å². The Balaban J connectivity index is 3.09. The highest BCUT2D eigenvalue weighted by atomic mass is 79.9. The van der Waals surface area contributed by atoms with Crippen LogP contribution in [0.2, 0.25) is 5.02 Å². The molecule has 1 nitrogen and oxygen atoms in total. The summed E-state index contributed by atoms with van der Waals surface area (Å²) in [6, 6.07) is 5.66. The van der Waals surface area contributed by atoms with Crippen LogP contribution < -0.4 is 5.73 Å². The second-order valence-corrected chi connectivity index (χ2v) is 3.75. The fourth-order valence-electron chi connectivity index (χ4n) is 0.871. The molecule has 1 atom stereocenters. The fourth-order valence-corrected chi connectivity index (χ4v) is 1.91. The molecule has 0 bridgehead atoms. The molecule has 3 heteroatoms. The number of halogens is 2. The predicted octanol–water partition coefficient (Wildman–Crippen LogP) is 3.12. The average molecular weight is 235 g/mol. The van der Waals surface area contributed by atoms with E-state index in [0.29, 0.717) is 0 Å². The summed E-state index contributed by atoms with van der Waals surface area (Å²) in [6.45, 7) is 1.94. The van der Waals surface area contributed by atoms with Gasteiger partial charge in [0.1, 0.15) is 0 Å². The van der Waals surface area contributed by atoms with Gasteiger partial charge in [0.25, 0.3) is 0 Å². The summed E-state index contributed by atoms with van der Waals surface area (Å²) in [7, 11) is 0. The summed E-state index contributed by atoms with van der Waals surface area (Å²) >= 11 is 9.13. The molecule has 0 fully saturated rings. The minimum Gasteiger partial charge on any atom is -0.324 e. The quantitative estimate of drug-likeness (QED) is 0.794. The zero-order valence-corrected chi connectivity index (χ0v) is 8.48. The van der Waals surface area contributed by atoms with Gasteiger partial charge in [-0.25, -0.2) is 0 Å². The Bertz CT molecular complexity index is 260. The van der Waals surface area contributed by atoms with Crippen LogP contribution in [-0.4, -0.2) is 0 Å². The maximum atomic E-state index is 5.75. The van der Waals surface area contributed by atoms with Crippen LogP contribution in [0.4, 0.5) is 0 Å². The zero-order valence-electron chi connectivity index (χ0n) is 6.14. The van der Waals surface area contributed by atoms with E-state index in [9.17, 15) is 0 Å². The third-order valence-electron chi connectivity index (χ3n) is 1.45. The average Bonchev–Trinajstić information content (AvgIpc) is 1.85. The summed E-state index contributed by atoms with van der Waals surface area (Å²) in [4.78, 5) is 0. The monoisotopic (exact) mass is 233 g/mol. The summed E-state index contributed by atoms with van der Waals surface area (Å²) in [6.07, 6.45) is 0. The van der Waals surface area contributed by atoms with Gasteiger partial charge < -0.3 is 5.73 Å². The third kappa shape index (κ3) is 2.19. The molecule has 1 unspecified atom stereocenters. The molecule has 0 spiro atoms. The van der Waals surface area contributed by atoms with Gasteiger partial charge in [-0.15, -0.1) is 0 Å². The lowest BCUT2D eigenvalue weighted by Crippen LogP contribution is -2.05. The first-order valence-corrected chi connectivity index (χ1v) is 4.49. The molecule has 0 saturated carbocycles. The minimum absolute atomic E-state index is 0.0432. The molecule has 0 aromatic heterocycles. The minimum atomic E-state index is 0.0432. The maximum absolute atomic E-state index is 5.75. The van der Waals surface area contributed by atoms with E-state index < -0.39 is 0 Å². The number of rotatable bonds is 1. The van der Waals surface area contributed by atoms with Crippen molar-refractivity contribution in [1.29, 1.82) is 0 Å². The molecule has 1 rings (SSSR count). The predicted molar refractivity (Wildman–Crippen MR) is 51.8 cm³/mol. The molecule has 1 aromatic carbocycles. The van der Waals surface area contributed by atoms with Crippen LogP contribution in [0.1, 0.15) is 18.5 Å². The van der Waals surface area contributed by atoms with Crippen LogP contribution in [-0.2, 0) is 0 Å². The largest absolute Gasteiger partial charge is 0.324 e. The van der Waals surface area contributed by atoms with Crippen molar-refractivity contribution in [2.24, 2.45) is 5.73 Å². The van der Waals surface area contributed by atoms with Crippen molar-refractivity contribution < 1.29 is 0 Å². The van der Waals surface area contributed by atoms with Crippen LogP contribution in [0.5, 0.6) is 0 Å². The molecule has 0 radical (unpaired) electrons. The van der Waals surface area contributed by atoms with Crippen LogP contribution in [0.15, 0.2) is 22.7 Å². The zero-order chi connectivity index (χ0) is 8.43. The van der Waals surface area contributed by atoms with Crippen molar-refractivity contribution in [1.82, 2.24) is 0 Å². The standard InChI is InChI=1S/C8H9BrClN/c1-5(11)7-3-2-6(10)4-8(7)9/h2-5H,11H2,1H3. The van der Waals surface area contributed by atoms with E-state index in [0.717, 1.165) is 15.1 Å². The maximum Gasteiger partial charge on any atom is 0.0417 e. The Morgan fingerprint density at radius 2 is 2.18 bits per heavy atom. The molecule has 60 valence electrons. The molecule has 1 aromatic rings. The molecule has 0 heterocycles. The summed E-state index contributed by atoms with van der Waals surface area (Å²) in [5.74, 6) is 0. The van der Waals surface area contributed by atoms with Crippen LogP contribution >= 0.6 is 27.5 Å². The molecule has 0 aliphatic rings. The Labute approximate surface area is 79.7 Å². The first kappa shape index (κ1) is 9.04. The summed E-state index contributed by atoms with van der Waals surface area (Å²) < 4.78 is 0.972. The van der Waals surface area contributed by atoms with Crippen molar-refractivity contribution in [3.63, 3.8) is 0 Å². The van der Waals surface area contributed by atoms with Gasteiger partial charge in [0.2, 0.25) is 0 Å². The first-order chi connectivity index (χ1) is 5.11. The Morgan fingerprint density at radius 1 is 1.55 bits per heavy atom. The van der Waals surface area contributed by atoms with Gasteiger partial charge in [-0.05, 0) is 24.6 Å². The van der Waals surface area contributed by atoms with E-state index in [2.05, 4.69) is 15.9 Å². The fraction of sp³-hybridized carbons (Fsp3) is 0.250. The van der Waals surface area contributed by atoms with Gasteiger partial charge in [-0.3, -0.25) is 0 Å². The lowest BCUT2D eigenvalue weighted by Gasteiger charge is -2.07. The SMILES string of the molecule is CC(N)c1ccc(Cl)cc1Br. The lowest BCUT2D eigenvalue weighted by atomic mass is 10.1. The van der Waals surface area contributed by atoms with Gasteiger partial charge in [-0.2, -0.15) is 0 Å². The smallest absolute Gasteiger partial charge is 0.0417 e. The number of benzene rings is 1. The van der Waals surface area contributed by atoms with Gasteiger partial charge in [0.05, 0.1) is 0 Å². The molecule has 2 N–H and O–H groups in total. The van der Waals surface area contributed by atoms with E-state index in [1.807, 2.05) is 25.1 Å². The van der Waals surface area contributed by atoms with Gasteiger partial charge in [0, 0.05) is 15.5 Å². The van der Waals surface area contributed by atoms with Crippen LogP contribution in [0.25, 0.3) is 0 Å². The van der Waals surface area contributed by atoms with Crippen LogP contribution in [0.3, 0.4) is 0 Å². The molecule has 0 amide bonds. The van der Waals surface area contributed by atoms with Gasteiger partial charge >= 0.3 is 0 Å². The van der Waals surface area contributed by atoms with E-state index >= 15 is 0 Å². The summed E-state index contributed by atoms with van der Waals surface area (Å²) in [5, 5.41) is 0.723. The molecular weight excluding hydrogens is 225 g/mol. The highest BCUT2D eigenvalue weighted by Crippen LogP contribution is 2.24. The summed E-state index contributed by atoms with van der Waals surface area (Å²) in [5.41, 5.74) is 6.77. The van der Waals surface area contributed by atoms with E-state index in [1.54, 1.807) is 0 Å². The highest BCUT2D eigenvalue weighted by molar-refractivity contribution is 9.10. The molecule has 11 heavy (non-hydrogen) atoms. The first-order valence-electron chi connectivity index (χ1n) is 3.32. The Morgan fingerprint density at radius 3 is 2.64 bits per heavy atom. The molecule has 0 aliphatic heterocycles.